The van der Waals surface area contributed by atoms with Crippen LogP contribution in [0.5, 0.6) is 0 Å². The van der Waals surface area contributed by atoms with Crippen LogP contribution in [0.1, 0.15) is 38.5 Å². The van der Waals surface area contributed by atoms with Crippen molar-refractivity contribution in [2.45, 2.75) is 56.6 Å². The molecule has 0 bridgehead atoms. The third kappa shape index (κ3) is 4.50. The van der Waals surface area contributed by atoms with E-state index in [0.29, 0.717) is 30.7 Å². The Kier molecular flexibility index (Phi) is 5.43. The molecule has 1 unspecified atom stereocenters. The second kappa shape index (κ2) is 6.75. The first kappa shape index (κ1) is 16.9. The minimum Gasteiger partial charge on any atom is -0.380 e. The molecule has 0 amide bonds. The lowest BCUT2D eigenvalue weighted by Gasteiger charge is -2.33. The van der Waals surface area contributed by atoms with Gasteiger partial charge >= 0.3 is 0 Å². The number of hydrogen-bond acceptors (Lipinski definition) is 5. The molecule has 0 radical (unpaired) electrons. The SMILES string of the molecule is CC(C)NCc1sccc1S(=O)(=O)NC1(C)CCCOC1. The van der Waals surface area contributed by atoms with Gasteiger partial charge in [0, 0.05) is 24.1 Å². The van der Waals surface area contributed by atoms with Crippen molar-refractivity contribution in [3.63, 3.8) is 0 Å². The van der Waals surface area contributed by atoms with Gasteiger partial charge in [0.05, 0.1) is 17.0 Å². The van der Waals surface area contributed by atoms with Crippen LogP contribution in [0, 0.1) is 0 Å². The topological polar surface area (TPSA) is 67.4 Å². The Balaban J connectivity index is 2.14. The van der Waals surface area contributed by atoms with Crippen molar-refractivity contribution in [2.24, 2.45) is 0 Å². The zero-order chi connectivity index (χ0) is 15.5. The summed E-state index contributed by atoms with van der Waals surface area (Å²) in [4.78, 5) is 1.23. The molecule has 1 aromatic rings. The van der Waals surface area contributed by atoms with E-state index < -0.39 is 15.6 Å². The van der Waals surface area contributed by atoms with Gasteiger partial charge in [0.1, 0.15) is 0 Å². The molecule has 0 spiro atoms. The van der Waals surface area contributed by atoms with E-state index in [0.717, 1.165) is 17.7 Å². The molecule has 0 aliphatic carbocycles. The largest absolute Gasteiger partial charge is 0.380 e. The van der Waals surface area contributed by atoms with Gasteiger partial charge in [-0.05, 0) is 31.2 Å². The van der Waals surface area contributed by atoms with Crippen LogP contribution in [0.2, 0.25) is 0 Å². The summed E-state index contributed by atoms with van der Waals surface area (Å²) >= 11 is 1.47. The fourth-order valence-corrected chi connectivity index (χ4v) is 5.21. The second-order valence-corrected chi connectivity index (χ2v) is 8.72. The Morgan fingerprint density at radius 3 is 2.86 bits per heavy atom. The van der Waals surface area contributed by atoms with Crippen LogP contribution in [-0.2, 0) is 21.3 Å². The van der Waals surface area contributed by atoms with Crippen molar-refractivity contribution < 1.29 is 13.2 Å². The summed E-state index contributed by atoms with van der Waals surface area (Å²) in [5.41, 5.74) is -0.512. The van der Waals surface area contributed by atoms with E-state index in [2.05, 4.69) is 10.0 Å². The van der Waals surface area contributed by atoms with Gasteiger partial charge < -0.3 is 10.1 Å². The molecule has 7 heteroatoms. The number of sulfonamides is 1. The van der Waals surface area contributed by atoms with E-state index in [1.807, 2.05) is 26.2 Å². The zero-order valence-electron chi connectivity index (χ0n) is 12.8. The van der Waals surface area contributed by atoms with Crippen LogP contribution in [0.3, 0.4) is 0 Å². The average Bonchev–Trinajstić information content (AvgIpc) is 2.85. The van der Waals surface area contributed by atoms with Crippen LogP contribution in [0.4, 0.5) is 0 Å². The molecular weight excluding hydrogens is 308 g/mol. The van der Waals surface area contributed by atoms with Crippen molar-refractivity contribution in [1.29, 1.82) is 0 Å². The van der Waals surface area contributed by atoms with Gasteiger partial charge in [0.2, 0.25) is 10.0 Å². The van der Waals surface area contributed by atoms with E-state index in [1.165, 1.54) is 11.3 Å². The monoisotopic (exact) mass is 332 g/mol. The van der Waals surface area contributed by atoms with E-state index >= 15 is 0 Å². The molecule has 1 aromatic heterocycles. The van der Waals surface area contributed by atoms with Gasteiger partial charge in [0.15, 0.2) is 0 Å². The summed E-state index contributed by atoms with van der Waals surface area (Å²) in [6, 6.07) is 2.00. The minimum absolute atomic E-state index is 0.319. The maximum absolute atomic E-state index is 12.6. The highest BCUT2D eigenvalue weighted by Gasteiger charge is 2.34. The Bertz CT molecular complexity index is 561. The Morgan fingerprint density at radius 2 is 2.24 bits per heavy atom. The summed E-state index contributed by atoms with van der Waals surface area (Å²) in [6.07, 6.45) is 1.68. The van der Waals surface area contributed by atoms with Gasteiger partial charge in [-0.15, -0.1) is 11.3 Å². The molecule has 1 saturated heterocycles. The molecule has 2 rings (SSSR count). The molecule has 0 aromatic carbocycles. The third-order valence-electron chi connectivity index (χ3n) is 3.48. The summed E-state index contributed by atoms with van der Waals surface area (Å²) < 4.78 is 33.5. The maximum atomic E-state index is 12.6. The summed E-state index contributed by atoms with van der Waals surface area (Å²) in [5.74, 6) is 0. The zero-order valence-corrected chi connectivity index (χ0v) is 14.4. The fraction of sp³-hybridized carbons (Fsp3) is 0.714. The highest BCUT2D eigenvalue weighted by Crippen LogP contribution is 2.26. The number of ether oxygens (including phenoxy) is 1. The first-order valence-corrected chi connectivity index (χ1v) is 9.60. The van der Waals surface area contributed by atoms with Crippen molar-refractivity contribution in [3.8, 4) is 0 Å². The molecule has 21 heavy (non-hydrogen) atoms. The van der Waals surface area contributed by atoms with Crippen molar-refractivity contribution in [2.75, 3.05) is 13.2 Å². The third-order valence-corrected chi connectivity index (χ3v) is 6.26. The fourth-order valence-electron chi connectivity index (χ4n) is 2.39. The maximum Gasteiger partial charge on any atom is 0.242 e. The lowest BCUT2D eigenvalue weighted by atomic mass is 9.97. The first-order valence-electron chi connectivity index (χ1n) is 7.24. The molecule has 120 valence electrons. The molecular formula is C14H24N2O3S2. The van der Waals surface area contributed by atoms with Gasteiger partial charge in [-0.3, -0.25) is 0 Å². The molecule has 2 heterocycles. The van der Waals surface area contributed by atoms with Gasteiger partial charge in [0.25, 0.3) is 0 Å². The predicted octanol–water partition coefficient (Wildman–Crippen LogP) is 2.09. The lowest BCUT2D eigenvalue weighted by Crippen LogP contribution is -2.51. The van der Waals surface area contributed by atoms with Crippen LogP contribution in [0.15, 0.2) is 16.3 Å². The molecule has 1 atom stereocenters. The molecule has 0 saturated carbocycles. The number of nitrogens with one attached hydrogen (secondary N) is 2. The van der Waals surface area contributed by atoms with E-state index in [9.17, 15) is 8.42 Å². The number of hydrogen-bond donors (Lipinski definition) is 2. The Morgan fingerprint density at radius 1 is 1.48 bits per heavy atom. The van der Waals surface area contributed by atoms with Gasteiger partial charge in [-0.2, -0.15) is 0 Å². The standard InChI is InChI=1S/C14H24N2O3S2/c1-11(2)15-9-12-13(5-8-20-12)21(17,18)16-14(3)6-4-7-19-10-14/h5,8,11,15-16H,4,6-7,9-10H2,1-3H3. The molecule has 5 nitrogen and oxygen atoms in total. The van der Waals surface area contributed by atoms with Crippen molar-refractivity contribution in [3.05, 3.63) is 16.3 Å². The van der Waals surface area contributed by atoms with Crippen molar-refractivity contribution >= 4 is 21.4 Å². The van der Waals surface area contributed by atoms with Crippen LogP contribution in [-0.4, -0.2) is 33.2 Å². The van der Waals surface area contributed by atoms with E-state index in [1.54, 1.807) is 6.07 Å². The van der Waals surface area contributed by atoms with Crippen molar-refractivity contribution in [1.82, 2.24) is 10.0 Å². The number of rotatable bonds is 6. The van der Waals surface area contributed by atoms with Crippen LogP contribution in [0.25, 0.3) is 0 Å². The quantitative estimate of drug-likeness (QED) is 0.837. The Labute approximate surface area is 131 Å². The van der Waals surface area contributed by atoms with E-state index in [-0.39, 0.29) is 0 Å². The predicted molar refractivity (Wildman–Crippen MR) is 85.1 cm³/mol. The first-order chi connectivity index (χ1) is 9.82. The highest BCUT2D eigenvalue weighted by molar-refractivity contribution is 7.89. The molecule has 1 aliphatic heterocycles. The Hall–Kier alpha value is -0.470. The normalized spacial score (nSPS) is 23.6. The average molecular weight is 332 g/mol. The van der Waals surface area contributed by atoms with Crippen LogP contribution < -0.4 is 10.0 Å². The van der Waals surface area contributed by atoms with Gasteiger partial charge in [-0.1, -0.05) is 13.8 Å². The summed E-state index contributed by atoms with van der Waals surface area (Å²) in [7, 11) is -3.51. The van der Waals surface area contributed by atoms with Crippen LogP contribution >= 0.6 is 11.3 Å². The second-order valence-electron chi connectivity index (χ2n) is 6.07. The molecule has 1 fully saturated rings. The summed E-state index contributed by atoms with van der Waals surface area (Å²) in [5, 5.41) is 5.09. The minimum atomic E-state index is -3.51. The lowest BCUT2D eigenvalue weighted by molar-refractivity contribution is 0.0386. The summed E-state index contributed by atoms with van der Waals surface area (Å²) in [6.45, 7) is 7.69. The molecule has 1 aliphatic rings. The smallest absolute Gasteiger partial charge is 0.242 e. The molecule has 2 N–H and O–H groups in total. The van der Waals surface area contributed by atoms with E-state index in [4.69, 9.17) is 4.74 Å². The van der Waals surface area contributed by atoms with Gasteiger partial charge in [-0.25, -0.2) is 13.1 Å². The highest BCUT2D eigenvalue weighted by atomic mass is 32.2. The number of thiophene rings is 1.